The number of likely N-dealkylation sites (N-methyl/N-ethyl adjacent to an activating group) is 1. The van der Waals surface area contributed by atoms with Crippen LogP contribution in [-0.2, 0) is 25.6 Å². The average Bonchev–Trinajstić information content (AvgIpc) is 2.81. The maximum atomic E-state index is 13.8. The highest BCUT2D eigenvalue weighted by molar-refractivity contribution is 6.32. The number of primary amides is 1. The van der Waals surface area contributed by atoms with Gasteiger partial charge in [0.2, 0.25) is 5.91 Å². The molecule has 1 aromatic carbocycles. The molecule has 1 amide bonds. The summed E-state index contributed by atoms with van der Waals surface area (Å²) < 4.78 is 0. The zero-order valence-electron chi connectivity index (χ0n) is 20.5. The number of hydrogen-bond donors (Lipinski definition) is 3. The lowest BCUT2D eigenvalue weighted by Crippen LogP contribution is -2.74. The lowest BCUT2D eigenvalue weighted by Gasteiger charge is -2.52. The number of nitrogens with two attached hydrogens (primary N) is 1. The van der Waals surface area contributed by atoms with Crippen LogP contribution in [0.25, 0.3) is 0 Å². The van der Waals surface area contributed by atoms with Crippen molar-refractivity contribution in [3.05, 3.63) is 28.8 Å². The first-order valence-electron chi connectivity index (χ1n) is 12.7. The molecule has 3 saturated carbocycles. The Balaban J connectivity index is 1.59. The second-order valence-electron chi connectivity index (χ2n) is 11.2. The van der Waals surface area contributed by atoms with Gasteiger partial charge in [0.05, 0.1) is 17.5 Å². The van der Waals surface area contributed by atoms with Gasteiger partial charge in [-0.2, -0.15) is 0 Å². The van der Waals surface area contributed by atoms with E-state index >= 15 is 0 Å². The number of phenolic OH excluding ortho intramolecular Hbond substituents is 1. The van der Waals surface area contributed by atoms with Crippen molar-refractivity contribution in [2.24, 2.45) is 29.4 Å². The third-order valence-electron chi connectivity index (χ3n) is 9.01. The van der Waals surface area contributed by atoms with Crippen LogP contribution in [0.5, 0.6) is 5.75 Å². The second-order valence-corrected chi connectivity index (χ2v) is 11.2. The molecule has 4 aliphatic carbocycles. The molecule has 0 heterocycles. The Morgan fingerprint density at radius 2 is 1.72 bits per heavy atom. The lowest BCUT2D eigenvalue weighted by molar-refractivity contribution is -0.181. The van der Waals surface area contributed by atoms with Crippen molar-refractivity contribution in [3.63, 3.8) is 0 Å². The molecule has 2 unspecified atom stereocenters. The van der Waals surface area contributed by atoms with Gasteiger partial charge in [-0.15, -0.1) is 0 Å². The topological polar surface area (TPSA) is 155 Å². The number of amides is 1. The molecule has 9 nitrogen and oxygen atoms in total. The quantitative estimate of drug-likeness (QED) is 0.522. The number of phenols is 1. The van der Waals surface area contributed by atoms with E-state index in [1.165, 1.54) is 4.90 Å². The van der Waals surface area contributed by atoms with Crippen LogP contribution in [0.15, 0.2) is 12.1 Å². The molecule has 0 bridgehead atoms. The monoisotopic (exact) mass is 496 g/mol. The van der Waals surface area contributed by atoms with Crippen molar-refractivity contribution >= 4 is 29.0 Å². The lowest BCUT2D eigenvalue weighted by atomic mass is 9.52. The van der Waals surface area contributed by atoms with Crippen LogP contribution in [0.4, 0.5) is 0 Å². The van der Waals surface area contributed by atoms with Crippen molar-refractivity contribution in [2.75, 3.05) is 14.1 Å². The summed E-state index contributed by atoms with van der Waals surface area (Å²) in [5.74, 6) is -9.78. The maximum Gasteiger partial charge on any atom is 0.235 e. The number of benzene rings is 1. The molecule has 4 aliphatic rings. The fourth-order valence-corrected chi connectivity index (χ4v) is 7.34. The molecule has 4 N–H and O–H groups in total. The van der Waals surface area contributed by atoms with Gasteiger partial charge < -0.3 is 15.9 Å². The van der Waals surface area contributed by atoms with Crippen molar-refractivity contribution < 1.29 is 34.2 Å². The van der Waals surface area contributed by atoms with Crippen LogP contribution in [0, 0.1) is 23.7 Å². The minimum atomic E-state index is -2.69. The van der Waals surface area contributed by atoms with E-state index < -0.39 is 64.4 Å². The van der Waals surface area contributed by atoms with Gasteiger partial charge in [-0.25, -0.2) is 0 Å². The number of carbonyl (C=O) groups is 5. The fourth-order valence-electron chi connectivity index (χ4n) is 7.34. The first kappa shape index (κ1) is 24.8. The molecule has 0 saturated heterocycles. The first-order chi connectivity index (χ1) is 17.0. The van der Waals surface area contributed by atoms with Gasteiger partial charge in [0, 0.05) is 5.92 Å². The van der Waals surface area contributed by atoms with Crippen molar-refractivity contribution in [2.45, 2.75) is 62.5 Å². The van der Waals surface area contributed by atoms with Crippen LogP contribution in [0.1, 0.15) is 65.9 Å². The summed E-state index contributed by atoms with van der Waals surface area (Å²) in [5, 5.41) is 22.8. The Morgan fingerprint density at radius 3 is 2.33 bits per heavy atom. The first-order valence-corrected chi connectivity index (χ1v) is 12.7. The van der Waals surface area contributed by atoms with Gasteiger partial charge in [0.15, 0.2) is 34.7 Å². The Kier molecular flexibility index (Phi) is 5.91. The van der Waals surface area contributed by atoms with E-state index in [0.29, 0.717) is 17.5 Å². The number of ketones is 4. The zero-order valence-corrected chi connectivity index (χ0v) is 20.5. The molecule has 3 fully saturated rings. The van der Waals surface area contributed by atoms with Gasteiger partial charge in [-0.3, -0.25) is 28.9 Å². The summed E-state index contributed by atoms with van der Waals surface area (Å²) in [7, 11) is 3.14. The Bertz CT molecular complexity index is 1180. The van der Waals surface area contributed by atoms with Gasteiger partial charge in [0.1, 0.15) is 5.75 Å². The third kappa shape index (κ3) is 3.32. The van der Waals surface area contributed by atoms with Crippen LogP contribution in [-0.4, -0.2) is 69.9 Å². The summed E-state index contributed by atoms with van der Waals surface area (Å²) in [5.41, 5.74) is 4.07. The number of nitrogens with zero attached hydrogens (tertiary/aromatic N) is 1. The number of rotatable bonds is 3. The predicted molar refractivity (Wildman–Crippen MR) is 127 cm³/mol. The molecule has 0 aliphatic heterocycles. The van der Waals surface area contributed by atoms with E-state index in [0.717, 1.165) is 32.1 Å². The Hall–Kier alpha value is -2.91. The normalized spacial score (nSPS) is 34.8. The van der Waals surface area contributed by atoms with Crippen LogP contribution in [0.2, 0.25) is 0 Å². The van der Waals surface area contributed by atoms with E-state index in [1.54, 1.807) is 14.1 Å². The molecule has 9 heteroatoms. The van der Waals surface area contributed by atoms with E-state index in [-0.39, 0.29) is 23.7 Å². The molecule has 1 aromatic rings. The highest BCUT2D eigenvalue weighted by Gasteiger charge is 2.69. The molecule has 0 radical (unpaired) electrons. The van der Waals surface area contributed by atoms with E-state index in [2.05, 4.69) is 0 Å². The summed E-state index contributed by atoms with van der Waals surface area (Å²) in [6, 6.07) is 2.61. The summed E-state index contributed by atoms with van der Waals surface area (Å²) in [6.07, 6.45) is 5.41. The predicted octanol–water partition coefficient (Wildman–Crippen LogP) is 0.915. The minimum Gasteiger partial charge on any atom is -0.507 e. The standard InChI is InChI=1S/C27H32N2O7/c1-29(2)20-16-11-14-10-13-8-9-15(12-6-4-3-5-7-12)21(30)17(13)22(31)18(14)24(33)27(16,36)25(34)19(23(20)32)26(28)35/h8-9,12,14,16,18-20,30,36H,3-7,10-11H2,1-2H3,(H2,28,35)/t14-,16-,18?,19?,20-,27-/m1/s1. The largest absolute Gasteiger partial charge is 0.507 e. The second kappa shape index (κ2) is 8.59. The summed E-state index contributed by atoms with van der Waals surface area (Å²) >= 11 is 0. The van der Waals surface area contributed by atoms with E-state index in [9.17, 15) is 34.2 Å². The highest BCUT2D eigenvalue weighted by Crippen LogP contribution is 2.51. The van der Waals surface area contributed by atoms with Gasteiger partial charge in [-0.1, -0.05) is 31.4 Å². The Morgan fingerprint density at radius 1 is 1.06 bits per heavy atom. The fraction of sp³-hybridized carbons (Fsp3) is 0.593. The van der Waals surface area contributed by atoms with Crippen LogP contribution < -0.4 is 5.73 Å². The van der Waals surface area contributed by atoms with Crippen molar-refractivity contribution in [3.8, 4) is 5.75 Å². The van der Waals surface area contributed by atoms with Gasteiger partial charge in [0.25, 0.3) is 0 Å². The van der Waals surface area contributed by atoms with Gasteiger partial charge in [-0.05, 0) is 62.7 Å². The minimum absolute atomic E-state index is 0.0645. The molecule has 5 rings (SSSR count). The van der Waals surface area contributed by atoms with E-state index in [4.69, 9.17) is 5.73 Å². The molecular formula is C27H32N2O7. The zero-order chi connectivity index (χ0) is 26.1. The molecular weight excluding hydrogens is 464 g/mol. The number of aliphatic hydroxyl groups is 1. The number of Topliss-reactive ketones (excluding diaryl/α,β-unsaturated/α-hetero) is 4. The van der Waals surface area contributed by atoms with Crippen molar-refractivity contribution in [1.82, 2.24) is 4.90 Å². The average molecular weight is 497 g/mol. The SMILES string of the molecule is CN(C)[C@H]1C(=O)C(C(N)=O)C(=O)[C@]2(O)C(=O)C3C(=O)c4c(ccc(C5CCCCC5)c4O)C[C@@H]3C[C@H]12. The maximum absolute atomic E-state index is 13.8. The molecule has 6 atom stereocenters. The summed E-state index contributed by atoms with van der Waals surface area (Å²) in [4.78, 5) is 67.5. The smallest absolute Gasteiger partial charge is 0.235 e. The molecule has 0 spiro atoms. The van der Waals surface area contributed by atoms with Gasteiger partial charge >= 0.3 is 0 Å². The summed E-state index contributed by atoms with van der Waals surface area (Å²) in [6.45, 7) is 0. The van der Waals surface area contributed by atoms with Crippen LogP contribution >= 0.6 is 0 Å². The number of hydrogen-bond acceptors (Lipinski definition) is 8. The molecule has 192 valence electrons. The number of aromatic hydroxyl groups is 1. The molecule has 0 aromatic heterocycles. The number of carbonyl (C=O) groups excluding carboxylic acids is 5. The highest BCUT2D eigenvalue weighted by atomic mass is 16.3. The van der Waals surface area contributed by atoms with Crippen molar-refractivity contribution in [1.29, 1.82) is 0 Å². The molecule has 36 heavy (non-hydrogen) atoms. The van der Waals surface area contributed by atoms with E-state index in [1.807, 2.05) is 12.1 Å². The number of fused-ring (bicyclic) bond motifs is 3. The van der Waals surface area contributed by atoms with Crippen LogP contribution in [0.3, 0.4) is 0 Å². The Labute approximate surface area is 209 Å². The third-order valence-corrected chi connectivity index (χ3v) is 9.01.